The number of aryl methyl sites for hydroxylation is 1. The maximum atomic E-state index is 13.0. The van der Waals surface area contributed by atoms with Gasteiger partial charge in [-0.2, -0.15) is 0 Å². The fourth-order valence-electron chi connectivity index (χ4n) is 2.94. The molecule has 27 heavy (non-hydrogen) atoms. The van der Waals surface area contributed by atoms with Gasteiger partial charge in [-0.3, -0.25) is 19.4 Å². The summed E-state index contributed by atoms with van der Waals surface area (Å²) < 4.78 is 7.89. The smallest absolute Gasteiger partial charge is 0.267 e. The molecule has 0 aliphatic carbocycles. The predicted molar refractivity (Wildman–Crippen MR) is 102 cm³/mol. The third-order valence-electron chi connectivity index (χ3n) is 4.28. The number of ether oxygens (including phenoxy) is 1. The molecule has 3 aromatic rings. The van der Waals surface area contributed by atoms with Crippen LogP contribution >= 0.6 is 0 Å². The van der Waals surface area contributed by atoms with Crippen LogP contribution in [0.25, 0.3) is 16.7 Å². The minimum atomic E-state index is -0.439. The average Bonchev–Trinajstić information content (AvgIpc) is 2.65. The van der Waals surface area contributed by atoms with Gasteiger partial charge in [-0.15, -0.1) is 6.58 Å². The van der Waals surface area contributed by atoms with E-state index in [0.717, 1.165) is 5.56 Å². The number of carbonyl (C=O) groups is 1. The maximum absolute atomic E-state index is 13.0. The van der Waals surface area contributed by atoms with Gasteiger partial charge in [0.05, 0.1) is 17.6 Å². The van der Waals surface area contributed by atoms with Crippen molar-refractivity contribution in [2.45, 2.75) is 13.5 Å². The van der Waals surface area contributed by atoms with Crippen molar-refractivity contribution < 1.29 is 9.53 Å². The van der Waals surface area contributed by atoms with Gasteiger partial charge in [0, 0.05) is 26.4 Å². The lowest BCUT2D eigenvalue weighted by Gasteiger charge is -2.14. The normalized spacial score (nSPS) is 11.0. The summed E-state index contributed by atoms with van der Waals surface area (Å²) >= 11 is 0. The van der Waals surface area contributed by atoms with E-state index in [-0.39, 0.29) is 28.5 Å². The molecule has 3 heterocycles. The van der Waals surface area contributed by atoms with Gasteiger partial charge >= 0.3 is 0 Å². The molecule has 8 heteroatoms. The predicted octanol–water partition coefficient (Wildman–Crippen LogP) is 0.999. The molecule has 1 amide bonds. The number of hydrogen-bond acceptors (Lipinski definition) is 5. The minimum Gasteiger partial charge on any atom is -0.383 e. The monoisotopic (exact) mass is 367 g/mol. The van der Waals surface area contributed by atoms with Gasteiger partial charge in [0.1, 0.15) is 16.8 Å². The molecule has 0 fully saturated rings. The number of nitrogens with zero attached hydrogens (tertiary/aromatic N) is 3. The second-order valence-corrected chi connectivity index (χ2v) is 6.09. The Morgan fingerprint density at radius 3 is 2.93 bits per heavy atom. The summed E-state index contributed by atoms with van der Waals surface area (Å²) in [5.41, 5.74) is 1.50. The van der Waals surface area contributed by atoms with Gasteiger partial charge in [0.25, 0.3) is 11.5 Å². The topological polar surface area (TPSA) is 101 Å². The number of rotatable bonds is 6. The Bertz CT molecular complexity index is 1160. The van der Waals surface area contributed by atoms with Crippen LogP contribution in [-0.2, 0) is 11.3 Å². The van der Waals surface area contributed by atoms with Crippen LogP contribution in [0.2, 0.25) is 0 Å². The van der Waals surface area contributed by atoms with E-state index in [0.29, 0.717) is 24.4 Å². The van der Waals surface area contributed by atoms with E-state index in [1.165, 1.54) is 22.1 Å². The highest BCUT2D eigenvalue weighted by Crippen LogP contribution is 2.12. The quantitative estimate of drug-likeness (QED) is 0.385. The van der Waals surface area contributed by atoms with Crippen molar-refractivity contribution in [3.05, 3.63) is 64.0 Å². The van der Waals surface area contributed by atoms with E-state index in [4.69, 9.17) is 10.1 Å². The lowest BCUT2D eigenvalue weighted by Crippen LogP contribution is -2.36. The zero-order valence-corrected chi connectivity index (χ0v) is 15.3. The minimum absolute atomic E-state index is 0.0258. The second-order valence-electron chi connectivity index (χ2n) is 6.09. The second kappa shape index (κ2) is 7.55. The molecule has 3 aromatic heterocycles. The summed E-state index contributed by atoms with van der Waals surface area (Å²) in [5.74, 6) is -0.439. The fourth-order valence-corrected chi connectivity index (χ4v) is 2.94. The molecule has 0 aliphatic heterocycles. The number of aromatic nitrogens is 3. The molecule has 0 spiro atoms. The maximum Gasteiger partial charge on any atom is 0.267 e. The highest BCUT2D eigenvalue weighted by Gasteiger charge is 2.17. The van der Waals surface area contributed by atoms with E-state index < -0.39 is 5.91 Å². The molecule has 0 bridgehead atoms. The Morgan fingerprint density at radius 2 is 2.22 bits per heavy atom. The average molecular weight is 367 g/mol. The summed E-state index contributed by atoms with van der Waals surface area (Å²) in [6.45, 7) is 6.49. The number of methoxy groups -OCH3 is 1. The van der Waals surface area contributed by atoms with Crippen LogP contribution in [0.4, 0.5) is 0 Å². The highest BCUT2D eigenvalue weighted by molar-refractivity contribution is 5.96. The number of pyridine rings is 2. The number of hydrogen-bond donors (Lipinski definition) is 2. The first-order valence-electron chi connectivity index (χ1n) is 8.47. The molecule has 0 radical (unpaired) electrons. The van der Waals surface area contributed by atoms with Crippen LogP contribution in [0.5, 0.6) is 0 Å². The van der Waals surface area contributed by atoms with Gasteiger partial charge in [-0.25, -0.2) is 4.98 Å². The van der Waals surface area contributed by atoms with Crippen molar-refractivity contribution in [1.29, 1.82) is 5.41 Å². The molecule has 0 saturated heterocycles. The first-order chi connectivity index (χ1) is 13.0. The van der Waals surface area contributed by atoms with Crippen molar-refractivity contribution in [1.82, 2.24) is 19.3 Å². The third-order valence-corrected chi connectivity index (χ3v) is 4.28. The van der Waals surface area contributed by atoms with Crippen LogP contribution in [0.15, 0.2) is 41.8 Å². The number of amides is 1. The van der Waals surface area contributed by atoms with Gasteiger partial charge in [-0.1, -0.05) is 12.1 Å². The number of fused-ring (bicyclic) bond motifs is 2. The summed E-state index contributed by atoms with van der Waals surface area (Å²) in [4.78, 5) is 30.1. The first kappa shape index (κ1) is 18.5. The molecule has 0 aromatic carbocycles. The summed E-state index contributed by atoms with van der Waals surface area (Å²) in [7, 11) is 1.54. The van der Waals surface area contributed by atoms with Crippen LogP contribution in [0.3, 0.4) is 0 Å². The van der Waals surface area contributed by atoms with Crippen LogP contribution in [-0.4, -0.2) is 40.1 Å². The van der Waals surface area contributed by atoms with Crippen molar-refractivity contribution >= 4 is 22.6 Å². The van der Waals surface area contributed by atoms with Crippen LogP contribution in [0.1, 0.15) is 15.9 Å². The van der Waals surface area contributed by atoms with Gasteiger partial charge in [0.2, 0.25) is 0 Å². The van der Waals surface area contributed by atoms with Crippen molar-refractivity contribution in [3.63, 3.8) is 0 Å². The third kappa shape index (κ3) is 3.26. The van der Waals surface area contributed by atoms with Gasteiger partial charge < -0.3 is 14.6 Å². The number of nitrogens with one attached hydrogen (secondary N) is 2. The SMILES string of the molecule is C=CCn1c(=N)c(C(=O)NCCOC)cc2c(=O)n3cccc(C)c3nc21. The molecule has 0 aliphatic rings. The molecule has 140 valence electrons. The summed E-state index contributed by atoms with van der Waals surface area (Å²) in [6, 6.07) is 5.07. The number of allylic oxidation sites excluding steroid dienone is 1. The standard InChI is InChI=1S/C19H21N5O3/c1-4-8-23-15(20)13(18(25)21-7-10-27-3)11-14-17(23)22-16-12(2)6-5-9-24(16)19(14)26/h4-6,9,11,20H,1,7-8,10H2,2-3H3,(H,21,25). The molecule has 0 saturated carbocycles. The highest BCUT2D eigenvalue weighted by atomic mass is 16.5. The molecular weight excluding hydrogens is 346 g/mol. The van der Waals surface area contributed by atoms with E-state index in [1.54, 1.807) is 18.3 Å². The Labute approximate surface area is 155 Å². The zero-order chi connectivity index (χ0) is 19.6. The first-order valence-corrected chi connectivity index (χ1v) is 8.47. The van der Waals surface area contributed by atoms with Gasteiger partial charge in [0.15, 0.2) is 0 Å². The van der Waals surface area contributed by atoms with Crippen LogP contribution in [0, 0.1) is 12.3 Å². The lowest BCUT2D eigenvalue weighted by molar-refractivity contribution is 0.0934. The van der Waals surface area contributed by atoms with Crippen molar-refractivity contribution in [3.8, 4) is 0 Å². The van der Waals surface area contributed by atoms with Crippen molar-refractivity contribution in [2.24, 2.45) is 0 Å². The molecule has 8 nitrogen and oxygen atoms in total. The van der Waals surface area contributed by atoms with E-state index >= 15 is 0 Å². The molecule has 0 atom stereocenters. The van der Waals surface area contributed by atoms with E-state index in [1.807, 2.05) is 13.0 Å². The molecule has 2 N–H and O–H groups in total. The van der Waals surface area contributed by atoms with Crippen molar-refractivity contribution in [2.75, 3.05) is 20.3 Å². The van der Waals surface area contributed by atoms with Crippen LogP contribution < -0.4 is 16.4 Å². The number of carbonyl (C=O) groups excluding carboxylic acids is 1. The largest absolute Gasteiger partial charge is 0.383 e. The molecular formula is C19H21N5O3. The zero-order valence-electron chi connectivity index (χ0n) is 15.3. The fraction of sp³-hybridized carbons (Fsp3) is 0.263. The molecule has 3 rings (SSSR count). The van der Waals surface area contributed by atoms with E-state index in [9.17, 15) is 9.59 Å². The molecule has 0 unspecified atom stereocenters. The van der Waals surface area contributed by atoms with Gasteiger partial charge in [-0.05, 0) is 24.6 Å². The lowest BCUT2D eigenvalue weighted by atomic mass is 10.2. The van der Waals surface area contributed by atoms with E-state index in [2.05, 4.69) is 16.9 Å². The summed E-state index contributed by atoms with van der Waals surface area (Å²) in [6.07, 6.45) is 3.24. The Balaban J connectivity index is 2.33. The Morgan fingerprint density at radius 1 is 1.44 bits per heavy atom. The Hall–Kier alpha value is -3.26. The Kier molecular flexibility index (Phi) is 5.18. The summed E-state index contributed by atoms with van der Waals surface area (Å²) in [5, 5.41) is 11.4.